The molecule has 29 heavy (non-hydrogen) atoms. The Hall–Kier alpha value is -2.62. The van der Waals surface area contributed by atoms with Crippen LogP contribution in [-0.4, -0.2) is 10.5 Å². The van der Waals surface area contributed by atoms with Gasteiger partial charge in [-0.3, -0.25) is 4.79 Å². The van der Waals surface area contributed by atoms with Gasteiger partial charge in [-0.05, 0) is 80.4 Å². The number of aromatic nitrogens is 1. The number of anilines is 1. The van der Waals surface area contributed by atoms with Crippen LogP contribution >= 0.6 is 31.9 Å². The van der Waals surface area contributed by atoms with Gasteiger partial charge in [0.05, 0.1) is 0 Å². The Morgan fingerprint density at radius 1 is 1.10 bits per heavy atom. The molecule has 0 bridgehead atoms. The van der Waals surface area contributed by atoms with E-state index in [1.54, 1.807) is 18.2 Å². The Bertz CT molecular complexity index is 1170. The molecular weight excluding hydrogens is 494 g/mol. The normalized spacial score (nSPS) is 11.2. The van der Waals surface area contributed by atoms with E-state index >= 15 is 0 Å². The maximum absolute atomic E-state index is 12.6. The number of carbonyl (C=O) groups excluding carboxylic acids is 1. The number of halogens is 2. The van der Waals surface area contributed by atoms with Gasteiger partial charge in [-0.1, -0.05) is 37.9 Å². The molecule has 1 N–H and O–H groups in total. The summed E-state index contributed by atoms with van der Waals surface area (Å²) >= 11 is 6.91. The largest absolute Gasteiger partial charge is 0.321 e. The molecule has 146 valence electrons. The third kappa shape index (κ3) is 4.69. The first-order valence-corrected chi connectivity index (χ1v) is 10.5. The quantitative estimate of drug-likeness (QED) is 0.321. The number of nitrogens with zero attached hydrogens (tertiary/aromatic N) is 2. The molecule has 0 aliphatic rings. The van der Waals surface area contributed by atoms with Crippen molar-refractivity contribution in [2.45, 2.75) is 20.8 Å². The average Bonchev–Trinajstić information content (AvgIpc) is 2.95. The molecule has 0 saturated heterocycles. The van der Waals surface area contributed by atoms with Gasteiger partial charge in [-0.2, -0.15) is 5.26 Å². The summed E-state index contributed by atoms with van der Waals surface area (Å²) in [4.78, 5) is 12.6. The predicted molar refractivity (Wildman–Crippen MR) is 124 cm³/mol. The van der Waals surface area contributed by atoms with E-state index in [0.717, 1.165) is 37.1 Å². The lowest BCUT2D eigenvalue weighted by molar-refractivity contribution is -0.112. The Kier molecular flexibility index (Phi) is 6.41. The molecule has 3 rings (SSSR count). The highest BCUT2D eigenvalue weighted by Gasteiger charge is 2.14. The summed E-state index contributed by atoms with van der Waals surface area (Å²) in [5, 5.41) is 12.3. The molecule has 0 unspecified atom stereocenters. The molecular formula is C23H19Br2N3O. The maximum Gasteiger partial charge on any atom is 0.266 e. The molecule has 0 radical (unpaired) electrons. The van der Waals surface area contributed by atoms with Crippen LogP contribution in [0.15, 0.2) is 63.0 Å². The van der Waals surface area contributed by atoms with Crippen molar-refractivity contribution in [3.05, 3.63) is 85.6 Å². The average molecular weight is 513 g/mol. The van der Waals surface area contributed by atoms with E-state index in [1.165, 1.54) is 0 Å². The number of benzene rings is 2. The number of nitriles is 1. The number of nitrogens with one attached hydrogen (secondary N) is 1. The summed E-state index contributed by atoms with van der Waals surface area (Å²) in [6, 6.07) is 17.4. The maximum atomic E-state index is 12.6. The molecule has 3 aromatic rings. The van der Waals surface area contributed by atoms with Gasteiger partial charge in [-0.15, -0.1) is 0 Å². The monoisotopic (exact) mass is 511 g/mol. The fourth-order valence-electron chi connectivity index (χ4n) is 3.17. The van der Waals surface area contributed by atoms with Crippen LogP contribution in [0, 0.1) is 32.1 Å². The first kappa shape index (κ1) is 21.1. The fraction of sp³-hybridized carbons (Fsp3) is 0.130. The summed E-state index contributed by atoms with van der Waals surface area (Å²) in [7, 11) is 0. The first-order valence-electron chi connectivity index (χ1n) is 8.94. The van der Waals surface area contributed by atoms with E-state index < -0.39 is 5.91 Å². The molecule has 1 amide bonds. The van der Waals surface area contributed by atoms with Gasteiger partial charge in [0.25, 0.3) is 5.91 Å². The van der Waals surface area contributed by atoms with Gasteiger partial charge < -0.3 is 9.88 Å². The van der Waals surface area contributed by atoms with Crippen LogP contribution in [0.3, 0.4) is 0 Å². The zero-order valence-corrected chi connectivity index (χ0v) is 19.4. The number of hydrogen-bond donors (Lipinski definition) is 1. The smallest absolute Gasteiger partial charge is 0.266 e. The topological polar surface area (TPSA) is 57.8 Å². The summed E-state index contributed by atoms with van der Waals surface area (Å²) in [6.07, 6.45) is 1.64. The Morgan fingerprint density at radius 2 is 1.86 bits per heavy atom. The molecule has 0 aliphatic carbocycles. The van der Waals surface area contributed by atoms with Gasteiger partial charge in [-0.25, -0.2) is 0 Å². The Labute approximate surface area is 187 Å². The van der Waals surface area contributed by atoms with E-state index in [0.29, 0.717) is 5.69 Å². The minimum atomic E-state index is -0.435. The zero-order valence-electron chi connectivity index (χ0n) is 16.3. The molecule has 0 atom stereocenters. The van der Waals surface area contributed by atoms with E-state index in [1.807, 2.05) is 57.2 Å². The number of aryl methyl sites for hydroxylation is 2. The van der Waals surface area contributed by atoms with Crippen molar-refractivity contribution < 1.29 is 4.79 Å². The highest BCUT2D eigenvalue weighted by molar-refractivity contribution is 9.10. The predicted octanol–water partition coefficient (Wildman–Crippen LogP) is 6.47. The minimum Gasteiger partial charge on any atom is -0.321 e. The third-order valence-electron chi connectivity index (χ3n) is 4.62. The van der Waals surface area contributed by atoms with Crippen LogP contribution in [-0.2, 0) is 4.79 Å². The molecule has 0 spiro atoms. The molecule has 6 heteroatoms. The van der Waals surface area contributed by atoms with E-state index in [9.17, 15) is 10.1 Å². The van der Waals surface area contributed by atoms with Gasteiger partial charge in [0.2, 0.25) is 0 Å². The standard InChI is InChI=1S/C23H19Br2N3O/c1-14-9-21(7-8-22(14)25)28-15(2)10-17(16(28)3)11-18(13-26)23(29)27-20-6-4-5-19(24)12-20/h4-12H,1-3H3,(H,27,29)/b18-11-. The van der Waals surface area contributed by atoms with Crippen LogP contribution in [0.2, 0.25) is 0 Å². The summed E-state index contributed by atoms with van der Waals surface area (Å²) in [6.45, 7) is 6.04. The lowest BCUT2D eigenvalue weighted by atomic mass is 10.1. The zero-order chi connectivity index (χ0) is 21.1. The fourth-order valence-corrected chi connectivity index (χ4v) is 3.81. The van der Waals surface area contributed by atoms with Crippen molar-refractivity contribution >= 4 is 49.5 Å². The summed E-state index contributed by atoms with van der Waals surface area (Å²) < 4.78 is 4.03. The second-order valence-corrected chi connectivity index (χ2v) is 8.50. The minimum absolute atomic E-state index is 0.0530. The first-order chi connectivity index (χ1) is 13.8. The number of amides is 1. The van der Waals surface area contributed by atoms with E-state index in [2.05, 4.69) is 47.8 Å². The van der Waals surface area contributed by atoms with Crippen molar-refractivity contribution in [1.29, 1.82) is 5.26 Å². The Balaban J connectivity index is 1.95. The Morgan fingerprint density at radius 3 is 2.52 bits per heavy atom. The highest BCUT2D eigenvalue weighted by atomic mass is 79.9. The van der Waals surface area contributed by atoms with Gasteiger partial charge in [0.15, 0.2) is 0 Å². The third-order valence-corrected chi connectivity index (χ3v) is 6.00. The van der Waals surface area contributed by atoms with Crippen molar-refractivity contribution in [1.82, 2.24) is 4.57 Å². The van der Waals surface area contributed by atoms with Crippen LogP contribution in [0.25, 0.3) is 11.8 Å². The summed E-state index contributed by atoms with van der Waals surface area (Å²) in [5.74, 6) is -0.435. The van der Waals surface area contributed by atoms with E-state index in [-0.39, 0.29) is 5.57 Å². The van der Waals surface area contributed by atoms with Crippen LogP contribution in [0.4, 0.5) is 5.69 Å². The van der Waals surface area contributed by atoms with Crippen LogP contribution < -0.4 is 5.32 Å². The number of rotatable bonds is 4. The van der Waals surface area contributed by atoms with Crippen molar-refractivity contribution in [2.75, 3.05) is 5.32 Å². The lowest BCUT2D eigenvalue weighted by Gasteiger charge is -2.11. The van der Waals surface area contributed by atoms with Crippen molar-refractivity contribution in [2.24, 2.45) is 0 Å². The molecule has 2 aromatic carbocycles. The number of hydrogen-bond acceptors (Lipinski definition) is 2. The van der Waals surface area contributed by atoms with E-state index in [4.69, 9.17) is 0 Å². The second-order valence-electron chi connectivity index (χ2n) is 6.73. The van der Waals surface area contributed by atoms with Gasteiger partial charge in [0, 0.05) is 31.7 Å². The summed E-state index contributed by atoms with van der Waals surface area (Å²) in [5.41, 5.74) is 5.69. The van der Waals surface area contributed by atoms with Gasteiger partial charge in [0.1, 0.15) is 11.6 Å². The van der Waals surface area contributed by atoms with Gasteiger partial charge >= 0.3 is 0 Å². The molecule has 0 fully saturated rings. The molecule has 1 heterocycles. The van der Waals surface area contributed by atoms with Crippen molar-refractivity contribution in [3.8, 4) is 11.8 Å². The van der Waals surface area contributed by atoms with Crippen LogP contribution in [0.5, 0.6) is 0 Å². The molecule has 4 nitrogen and oxygen atoms in total. The SMILES string of the molecule is Cc1cc(-n2c(C)cc(/C=C(/C#N)C(=O)Nc3cccc(Br)c3)c2C)ccc1Br. The number of carbonyl (C=O) groups is 1. The highest BCUT2D eigenvalue weighted by Crippen LogP contribution is 2.26. The van der Waals surface area contributed by atoms with Crippen LogP contribution in [0.1, 0.15) is 22.5 Å². The molecule has 0 aliphatic heterocycles. The molecule has 1 aromatic heterocycles. The molecule has 0 saturated carbocycles. The van der Waals surface area contributed by atoms with Crippen molar-refractivity contribution in [3.63, 3.8) is 0 Å². The second kappa shape index (κ2) is 8.81. The lowest BCUT2D eigenvalue weighted by Crippen LogP contribution is -2.13.